The van der Waals surface area contributed by atoms with Gasteiger partial charge in [0.05, 0.1) is 5.69 Å². The van der Waals surface area contributed by atoms with Crippen LogP contribution in [0.25, 0.3) is 0 Å². The quantitative estimate of drug-likeness (QED) is 0.818. The van der Waals surface area contributed by atoms with Crippen LogP contribution in [0.2, 0.25) is 0 Å². The lowest BCUT2D eigenvalue weighted by Gasteiger charge is -2.07. The van der Waals surface area contributed by atoms with Crippen molar-refractivity contribution in [3.8, 4) is 0 Å². The van der Waals surface area contributed by atoms with Crippen molar-refractivity contribution in [3.63, 3.8) is 0 Å². The van der Waals surface area contributed by atoms with Gasteiger partial charge in [0.25, 0.3) is 0 Å². The molecule has 0 aromatic carbocycles. The van der Waals surface area contributed by atoms with Crippen LogP contribution >= 0.6 is 0 Å². The van der Waals surface area contributed by atoms with Crippen molar-refractivity contribution >= 4 is 17.5 Å². The number of rotatable bonds is 3. The Labute approximate surface area is 91.8 Å². The number of nitrogens with zero attached hydrogens (tertiary/aromatic N) is 2. The summed E-state index contributed by atoms with van der Waals surface area (Å²) < 4.78 is 0. The minimum atomic E-state index is -1.02. The molecule has 0 saturated heterocycles. The summed E-state index contributed by atoms with van der Waals surface area (Å²) in [5.41, 5.74) is 0.592. The normalized spacial score (nSPS) is 9.75. The highest BCUT2D eigenvalue weighted by molar-refractivity contribution is 5.94. The molecule has 0 aliphatic rings. The molecule has 0 atom stereocenters. The van der Waals surface area contributed by atoms with Crippen molar-refractivity contribution in [2.24, 2.45) is 0 Å². The maximum absolute atomic E-state index is 10.9. The maximum atomic E-state index is 10.9. The largest absolute Gasteiger partial charge is 0.478 e. The molecule has 2 aromatic heterocycles. The molecule has 80 valence electrons. The van der Waals surface area contributed by atoms with Crippen LogP contribution in [0.3, 0.4) is 0 Å². The molecule has 0 spiro atoms. The number of carbonyl (C=O) groups is 1. The van der Waals surface area contributed by atoms with Gasteiger partial charge < -0.3 is 10.4 Å². The summed E-state index contributed by atoms with van der Waals surface area (Å²) in [6, 6.07) is 6.96. The van der Waals surface area contributed by atoms with Crippen molar-refractivity contribution in [2.45, 2.75) is 0 Å². The van der Waals surface area contributed by atoms with Crippen LogP contribution in [0.4, 0.5) is 11.5 Å². The highest BCUT2D eigenvalue weighted by atomic mass is 16.4. The molecular formula is C11H9N3O2. The highest BCUT2D eigenvalue weighted by Crippen LogP contribution is 2.17. The first-order valence-corrected chi connectivity index (χ1v) is 4.63. The molecule has 0 bridgehead atoms. The Morgan fingerprint density at radius 2 is 2.12 bits per heavy atom. The van der Waals surface area contributed by atoms with E-state index in [1.54, 1.807) is 24.4 Å². The molecule has 2 aromatic rings. The third kappa shape index (κ3) is 2.14. The Kier molecular flexibility index (Phi) is 2.77. The van der Waals surface area contributed by atoms with Crippen LogP contribution in [0, 0.1) is 0 Å². The van der Waals surface area contributed by atoms with Crippen LogP contribution in [0.1, 0.15) is 10.4 Å². The van der Waals surface area contributed by atoms with E-state index in [2.05, 4.69) is 15.3 Å². The van der Waals surface area contributed by atoms with E-state index in [4.69, 9.17) is 5.11 Å². The first-order valence-electron chi connectivity index (χ1n) is 4.63. The van der Waals surface area contributed by atoms with Crippen LogP contribution in [-0.4, -0.2) is 21.0 Å². The Hall–Kier alpha value is -2.43. The zero-order chi connectivity index (χ0) is 11.4. The minimum absolute atomic E-state index is 0.119. The molecular weight excluding hydrogens is 206 g/mol. The average molecular weight is 215 g/mol. The first kappa shape index (κ1) is 10.1. The molecule has 2 rings (SSSR count). The van der Waals surface area contributed by atoms with Gasteiger partial charge in [0.2, 0.25) is 0 Å². The summed E-state index contributed by atoms with van der Waals surface area (Å²) in [5.74, 6) is -0.428. The topological polar surface area (TPSA) is 75.1 Å². The van der Waals surface area contributed by atoms with Gasteiger partial charge in [-0.25, -0.2) is 9.78 Å². The van der Waals surface area contributed by atoms with Gasteiger partial charge in [-0.15, -0.1) is 0 Å². The minimum Gasteiger partial charge on any atom is -0.478 e. The molecule has 0 amide bonds. The fraction of sp³-hybridized carbons (Fsp3) is 0. The van der Waals surface area contributed by atoms with Crippen LogP contribution < -0.4 is 5.32 Å². The second-order valence-corrected chi connectivity index (χ2v) is 3.07. The molecule has 5 heteroatoms. The predicted molar refractivity (Wildman–Crippen MR) is 58.7 cm³/mol. The van der Waals surface area contributed by atoms with E-state index in [0.29, 0.717) is 11.5 Å². The number of pyridine rings is 2. The SMILES string of the molecule is O=C(O)c1cnccc1Nc1ccccn1. The lowest BCUT2D eigenvalue weighted by Crippen LogP contribution is -2.03. The van der Waals surface area contributed by atoms with Gasteiger partial charge in [-0.1, -0.05) is 6.07 Å². The van der Waals surface area contributed by atoms with Crippen LogP contribution in [-0.2, 0) is 0 Å². The van der Waals surface area contributed by atoms with E-state index >= 15 is 0 Å². The Balaban J connectivity index is 2.31. The van der Waals surface area contributed by atoms with Crippen molar-refractivity contribution in [3.05, 3.63) is 48.4 Å². The van der Waals surface area contributed by atoms with Gasteiger partial charge >= 0.3 is 5.97 Å². The summed E-state index contributed by atoms with van der Waals surface area (Å²) in [5, 5.41) is 11.9. The maximum Gasteiger partial charge on any atom is 0.339 e. The van der Waals surface area contributed by atoms with Crippen molar-refractivity contribution < 1.29 is 9.90 Å². The van der Waals surface area contributed by atoms with Crippen LogP contribution in [0.5, 0.6) is 0 Å². The number of carboxylic acids is 1. The average Bonchev–Trinajstić information content (AvgIpc) is 2.31. The van der Waals surface area contributed by atoms with E-state index in [1.807, 2.05) is 6.07 Å². The monoisotopic (exact) mass is 215 g/mol. The third-order valence-electron chi connectivity index (χ3n) is 1.98. The lowest BCUT2D eigenvalue weighted by atomic mass is 10.2. The first-order chi connectivity index (χ1) is 7.77. The molecule has 2 heterocycles. The van der Waals surface area contributed by atoms with E-state index in [-0.39, 0.29) is 5.56 Å². The molecule has 0 fully saturated rings. The second kappa shape index (κ2) is 4.39. The summed E-state index contributed by atoms with van der Waals surface area (Å²) in [4.78, 5) is 18.7. The van der Waals surface area contributed by atoms with Crippen molar-refractivity contribution in [1.82, 2.24) is 9.97 Å². The third-order valence-corrected chi connectivity index (χ3v) is 1.98. The number of hydrogen-bond donors (Lipinski definition) is 2. The molecule has 16 heavy (non-hydrogen) atoms. The Bertz CT molecular complexity index is 500. The number of aromatic carboxylic acids is 1. The number of nitrogens with one attached hydrogen (secondary N) is 1. The summed E-state index contributed by atoms with van der Waals surface area (Å²) in [6.07, 6.45) is 4.45. The molecule has 0 aliphatic carbocycles. The molecule has 0 radical (unpaired) electrons. The number of aromatic nitrogens is 2. The zero-order valence-corrected chi connectivity index (χ0v) is 8.29. The molecule has 0 saturated carbocycles. The van der Waals surface area contributed by atoms with E-state index in [0.717, 1.165) is 0 Å². The van der Waals surface area contributed by atoms with Crippen LogP contribution in [0.15, 0.2) is 42.9 Å². The molecule has 0 aliphatic heterocycles. The van der Waals surface area contributed by atoms with E-state index in [9.17, 15) is 4.79 Å². The Morgan fingerprint density at radius 1 is 1.25 bits per heavy atom. The van der Waals surface area contributed by atoms with Gasteiger partial charge in [0.15, 0.2) is 0 Å². The number of carboxylic acid groups (broad SMARTS) is 1. The molecule has 5 nitrogen and oxygen atoms in total. The predicted octanol–water partition coefficient (Wildman–Crippen LogP) is 1.92. The van der Waals surface area contributed by atoms with Crippen molar-refractivity contribution in [2.75, 3.05) is 5.32 Å². The van der Waals surface area contributed by atoms with Crippen molar-refractivity contribution in [1.29, 1.82) is 0 Å². The van der Waals surface area contributed by atoms with Gasteiger partial charge in [-0.3, -0.25) is 4.98 Å². The Morgan fingerprint density at radius 3 is 2.81 bits per heavy atom. The summed E-state index contributed by atoms with van der Waals surface area (Å²) >= 11 is 0. The smallest absolute Gasteiger partial charge is 0.339 e. The molecule has 2 N–H and O–H groups in total. The zero-order valence-electron chi connectivity index (χ0n) is 8.29. The van der Waals surface area contributed by atoms with Gasteiger partial charge in [-0.05, 0) is 18.2 Å². The standard InChI is InChI=1S/C11H9N3O2/c15-11(16)8-7-12-6-4-9(8)14-10-3-1-2-5-13-10/h1-7H,(H,15,16)(H,12,13,14). The molecule has 0 unspecified atom stereocenters. The highest BCUT2D eigenvalue weighted by Gasteiger charge is 2.09. The number of anilines is 2. The second-order valence-electron chi connectivity index (χ2n) is 3.07. The van der Waals surface area contributed by atoms with Gasteiger partial charge in [0, 0.05) is 18.6 Å². The summed E-state index contributed by atoms with van der Waals surface area (Å²) in [6.45, 7) is 0. The summed E-state index contributed by atoms with van der Waals surface area (Å²) in [7, 11) is 0. The number of hydrogen-bond acceptors (Lipinski definition) is 4. The van der Waals surface area contributed by atoms with E-state index in [1.165, 1.54) is 12.4 Å². The fourth-order valence-corrected chi connectivity index (χ4v) is 1.25. The fourth-order valence-electron chi connectivity index (χ4n) is 1.25. The lowest BCUT2D eigenvalue weighted by molar-refractivity contribution is 0.0697. The van der Waals surface area contributed by atoms with Gasteiger partial charge in [0.1, 0.15) is 11.4 Å². The van der Waals surface area contributed by atoms with Gasteiger partial charge in [-0.2, -0.15) is 0 Å². The van der Waals surface area contributed by atoms with E-state index < -0.39 is 5.97 Å².